The highest BCUT2D eigenvalue weighted by Crippen LogP contribution is 2.18. The Labute approximate surface area is 159 Å². The van der Waals surface area contributed by atoms with E-state index in [4.69, 9.17) is 4.74 Å². The van der Waals surface area contributed by atoms with Crippen LogP contribution in [0.1, 0.15) is 5.56 Å². The van der Waals surface area contributed by atoms with Gasteiger partial charge in [-0.15, -0.1) is 0 Å². The van der Waals surface area contributed by atoms with E-state index < -0.39 is 0 Å². The van der Waals surface area contributed by atoms with Crippen molar-refractivity contribution in [3.05, 3.63) is 72.4 Å². The Hall–Kier alpha value is -2.92. The lowest BCUT2D eigenvalue weighted by molar-refractivity contribution is -0.135. The molecule has 0 unspecified atom stereocenters. The van der Waals surface area contributed by atoms with Crippen LogP contribution >= 0.6 is 0 Å². The fourth-order valence-corrected chi connectivity index (χ4v) is 3.44. The summed E-state index contributed by atoms with van der Waals surface area (Å²) < 4.78 is 5.58. The van der Waals surface area contributed by atoms with E-state index in [1.165, 1.54) is 10.9 Å². The van der Waals surface area contributed by atoms with E-state index in [0.29, 0.717) is 0 Å². The third-order valence-corrected chi connectivity index (χ3v) is 4.94. The minimum absolute atomic E-state index is 0.0466. The van der Waals surface area contributed by atoms with E-state index in [9.17, 15) is 4.79 Å². The molecule has 138 valence electrons. The molecule has 1 saturated heterocycles. The summed E-state index contributed by atoms with van der Waals surface area (Å²) in [6.45, 7) is 4.14. The first kappa shape index (κ1) is 17.5. The third-order valence-electron chi connectivity index (χ3n) is 4.94. The first-order valence-corrected chi connectivity index (χ1v) is 9.30. The fourth-order valence-electron chi connectivity index (χ4n) is 3.44. The summed E-state index contributed by atoms with van der Waals surface area (Å²) in [4.78, 5) is 21.2. The number of carbonyl (C=O) groups excluding carboxylic acids is 1. The van der Waals surface area contributed by atoms with Crippen LogP contribution in [0, 0.1) is 0 Å². The van der Waals surface area contributed by atoms with Crippen LogP contribution in [0.5, 0.6) is 5.75 Å². The number of rotatable bonds is 5. The zero-order valence-electron chi connectivity index (χ0n) is 15.3. The van der Waals surface area contributed by atoms with Crippen molar-refractivity contribution >= 4 is 16.8 Å². The highest BCUT2D eigenvalue weighted by atomic mass is 16.5. The molecular formula is C22H23N3O2. The summed E-state index contributed by atoms with van der Waals surface area (Å²) in [5.41, 5.74) is 2.30. The van der Waals surface area contributed by atoms with E-state index in [1.807, 2.05) is 47.5 Å². The van der Waals surface area contributed by atoms with Crippen molar-refractivity contribution in [1.82, 2.24) is 14.8 Å². The maximum atomic E-state index is 12.4. The van der Waals surface area contributed by atoms with Crippen LogP contribution < -0.4 is 4.74 Å². The van der Waals surface area contributed by atoms with E-state index >= 15 is 0 Å². The molecule has 0 atom stereocenters. The van der Waals surface area contributed by atoms with Gasteiger partial charge in [-0.2, -0.15) is 0 Å². The number of hydrogen-bond acceptors (Lipinski definition) is 4. The van der Waals surface area contributed by atoms with Gasteiger partial charge in [0.15, 0.2) is 6.61 Å². The lowest BCUT2D eigenvalue weighted by Gasteiger charge is -2.34. The number of para-hydroxylation sites is 2. The number of fused-ring (bicyclic) bond motifs is 1. The molecule has 3 aromatic rings. The first-order valence-electron chi connectivity index (χ1n) is 9.30. The van der Waals surface area contributed by atoms with Crippen molar-refractivity contribution in [2.45, 2.75) is 6.54 Å². The molecule has 1 aliphatic rings. The summed E-state index contributed by atoms with van der Waals surface area (Å²) >= 11 is 0. The van der Waals surface area contributed by atoms with Gasteiger partial charge in [0.1, 0.15) is 5.75 Å². The largest absolute Gasteiger partial charge is 0.484 e. The molecule has 1 aliphatic heterocycles. The van der Waals surface area contributed by atoms with E-state index in [2.05, 4.69) is 34.1 Å². The van der Waals surface area contributed by atoms with Gasteiger partial charge in [-0.3, -0.25) is 14.7 Å². The number of amides is 1. The summed E-state index contributed by atoms with van der Waals surface area (Å²) in [5.74, 6) is 0.776. The second-order valence-corrected chi connectivity index (χ2v) is 6.75. The van der Waals surface area contributed by atoms with Gasteiger partial charge in [0.05, 0.1) is 5.52 Å². The number of aromatic nitrogens is 1. The van der Waals surface area contributed by atoms with E-state index in [-0.39, 0.29) is 12.5 Å². The van der Waals surface area contributed by atoms with Crippen molar-refractivity contribution in [2.24, 2.45) is 0 Å². The lowest BCUT2D eigenvalue weighted by Crippen LogP contribution is -2.49. The monoisotopic (exact) mass is 361 g/mol. The number of hydrogen-bond donors (Lipinski definition) is 0. The van der Waals surface area contributed by atoms with Gasteiger partial charge in [0.2, 0.25) is 0 Å². The van der Waals surface area contributed by atoms with Gasteiger partial charge in [-0.05, 0) is 23.8 Å². The Bertz CT molecular complexity index is 900. The molecule has 0 saturated carbocycles. The SMILES string of the molecule is O=C(COc1ccccc1)N1CCN(Cc2cccc3cccnc23)CC1. The molecule has 0 bridgehead atoms. The van der Waals surface area contributed by atoms with Gasteiger partial charge < -0.3 is 9.64 Å². The van der Waals surface area contributed by atoms with Crippen LogP contribution in [0.25, 0.3) is 10.9 Å². The van der Waals surface area contributed by atoms with Crippen molar-refractivity contribution in [3.63, 3.8) is 0 Å². The Morgan fingerprint density at radius 1 is 0.926 bits per heavy atom. The Morgan fingerprint density at radius 2 is 1.70 bits per heavy atom. The van der Waals surface area contributed by atoms with E-state index in [0.717, 1.165) is 44.0 Å². The quantitative estimate of drug-likeness (QED) is 0.701. The topological polar surface area (TPSA) is 45.7 Å². The third kappa shape index (κ3) is 4.26. The second kappa shape index (κ2) is 8.18. The molecule has 5 heteroatoms. The minimum atomic E-state index is 0.0466. The first-order chi connectivity index (χ1) is 13.3. The Balaban J connectivity index is 1.30. The maximum Gasteiger partial charge on any atom is 0.260 e. The van der Waals surface area contributed by atoms with Crippen LogP contribution in [-0.4, -0.2) is 53.5 Å². The highest BCUT2D eigenvalue weighted by molar-refractivity contribution is 5.81. The predicted molar refractivity (Wildman–Crippen MR) is 106 cm³/mol. The molecule has 0 radical (unpaired) electrons. The number of nitrogens with zero attached hydrogens (tertiary/aromatic N) is 3. The molecule has 2 heterocycles. The van der Waals surface area contributed by atoms with Crippen LogP contribution in [0.15, 0.2) is 66.9 Å². The zero-order valence-corrected chi connectivity index (χ0v) is 15.3. The van der Waals surface area contributed by atoms with Gasteiger partial charge in [-0.25, -0.2) is 0 Å². The second-order valence-electron chi connectivity index (χ2n) is 6.75. The number of piperazine rings is 1. The average Bonchev–Trinajstić information content (AvgIpc) is 2.74. The van der Waals surface area contributed by atoms with Crippen LogP contribution in [-0.2, 0) is 11.3 Å². The highest BCUT2D eigenvalue weighted by Gasteiger charge is 2.21. The minimum Gasteiger partial charge on any atom is -0.484 e. The lowest BCUT2D eigenvalue weighted by atomic mass is 10.1. The Kier molecular flexibility index (Phi) is 5.30. The summed E-state index contributed by atoms with van der Waals surface area (Å²) in [5, 5.41) is 1.17. The van der Waals surface area contributed by atoms with Gasteiger partial charge in [0, 0.05) is 44.3 Å². The average molecular weight is 361 g/mol. The molecule has 5 nitrogen and oxygen atoms in total. The number of carbonyl (C=O) groups is 1. The molecule has 1 aromatic heterocycles. The fraction of sp³-hybridized carbons (Fsp3) is 0.273. The molecule has 0 spiro atoms. The molecule has 4 rings (SSSR count). The number of ether oxygens (including phenoxy) is 1. The summed E-state index contributed by atoms with van der Waals surface area (Å²) in [7, 11) is 0. The molecular weight excluding hydrogens is 338 g/mol. The molecule has 2 aromatic carbocycles. The van der Waals surface area contributed by atoms with Crippen LogP contribution in [0.2, 0.25) is 0 Å². The molecule has 1 amide bonds. The maximum absolute atomic E-state index is 12.4. The predicted octanol–water partition coefficient (Wildman–Crippen LogP) is 2.96. The zero-order chi connectivity index (χ0) is 18.5. The Morgan fingerprint density at radius 3 is 2.52 bits per heavy atom. The van der Waals surface area contributed by atoms with Gasteiger partial charge in [-0.1, -0.05) is 42.5 Å². The van der Waals surface area contributed by atoms with Crippen molar-refractivity contribution in [3.8, 4) is 5.75 Å². The van der Waals surface area contributed by atoms with Crippen LogP contribution in [0.4, 0.5) is 0 Å². The van der Waals surface area contributed by atoms with Crippen LogP contribution in [0.3, 0.4) is 0 Å². The van der Waals surface area contributed by atoms with Crippen molar-refractivity contribution < 1.29 is 9.53 Å². The molecule has 1 fully saturated rings. The standard InChI is InChI=1S/C22H23N3O2/c26-21(17-27-20-9-2-1-3-10-20)25-14-12-24(13-15-25)16-19-7-4-6-18-8-5-11-23-22(18)19/h1-11H,12-17H2. The van der Waals surface area contributed by atoms with Gasteiger partial charge >= 0.3 is 0 Å². The number of benzene rings is 2. The normalized spacial score (nSPS) is 15.0. The molecule has 27 heavy (non-hydrogen) atoms. The number of pyridine rings is 1. The smallest absolute Gasteiger partial charge is 0.260 e. The summed E-state index contributed by atoms with van der Waals surface area (Å²) in [6, 6.07) is 19.8. The van der Waals surface area contributed by atoms with Gasteiger partial charge in [0.25, 0.3) is 5.91 Å². The molecule has 0 N–H and O–H groups in total. The summed E-state index contributed by atoms with van der Waals surface area (Å²) in [6.07, 6.45) is 1.84. The van der Waals surface area contributed by atoms with E-state index in [1.54, 1.807) is 0 Å². The van der Waals surface area contributed by atoms with Crippen molar-refractivity contribution in [1.29, 1.82) is 0 Å². The molecule has 0 aliphatic carbocycles. The van der Waals surface area contributed by atoms with Crippen molar-refractivity contribution in [2.75, 3.05) is 32.8 Å².